The molecule has 2 heterocycles. The highest BCUT2D eigenvalue weighted by Gasteiger charge is 2.50. The summed E-state index contributed by atoms with van der Waals surface area (Å²) in [6, 6.07) is 20.6. The first kappa shape index (κ1) is 48.3. The monoisotopic (exact) mass is 895 g/mol. The molecule has 4 aromatic rings. The number of benzene rings is 4. The molecule has 62 heavy (non-hydrogen) atoms. The SMILES string of the molecule is CCCC[C@]1(CC)CS(=O)(=O)c2ccc(F)cc2[C@@H](c2cccc([N+](=O)[O-])c2)[C@H]1O.CCCC[C@]1(CC)CS(=O)(=O)c2ccc(N(C)C)cc2[C@@H](c2cccc([N+](=O)[O-])c2)[C@H]1O. The highest BCUT2D eigenvalue weighted by Crippen LogP contribution is 2.51. The van der Waals surface area contributed by atoms with E-state index in [9.17, 15) is 51.7 Å². The van der Waals surface area contributed by atoms with E-state index in [2.05, 4.69) is 0 Å². The molecule has 2 aliphatic heterocycles. The number of anilines is 1. The van der Waals surface area contributed by atoms with E-state index in [0.29, 0.717) is 42.4 Å². The van der Waals surface area contributed by atoms with Crippen molar-refractivity contribution < 1.29 is 41.3 Å². The molecule has 13 nitrogen and oxygen atoms in total. The number of hydrogen-bond acceptors (Lipinski definition) is 11. The number of non-ortho nitro benzene ring substituents is 2. The van der Waals surface area contributed by atoms with Crippen molar-refractivity contribution in [3.63, 3.8) is 0 Å². The van der Waals surface area contributed by atoms with Gasteiger partial charge in [0.2, 0.25) is 0 Å². The van der Waals surface area contributed by atoms with E-state index < -0.39 is 70.2 Å². The zero-order valence-corrected chi connectivity index (χ0v) is 37.8. The molecule has 0 bridgehead atoms. The van der Waals surface area contributed by atoms with Gasteiger partial charge in [-0.2, -0.15) is 0 Å². The Morgan fingerprint density at radius 2 is 1.08 bits per heavy atom. The molecule has 0 amide bonds. The first-order chi connectivity index (χ1) is 29.2. The number of sulfone groups is 2. The Labute approximate surface area is 364 Å². The molecule has 0 radical (unpaired) electrons. The number of halogens is 1. The normalized spacial score (nSPS) is 24.9. The molecule has 6 rings (SSSR count). The molecule has 0 spiro atoms. The van der Waals surface area contributed by atoms with Crippen LogP contribution in [0.5, 0.6) is 0 Å². The van der Waals surface area contributed by atoms with Gasteiger partial charge in [-0.1, -0.05) is 77.6 Å². The van der Waals surface area contributed by atoms with Gasteiger partial charge in [-0.05, 0) is 84.3 Å². The fourth-order valence-corrected chi connectivity index (χ4v) is 13.9. The molecular formula is C46H58FN3O10S2. The van der Waals surface area contributed by atoms with Gasteiger partial charge < -0.3 is 15.1 Å². The Morgan fingerprint density at radius 1 is 0.661 bits per heavy atom. The van der Waals surface area contributed by atoms with E-state index in [0.717, 1.165) is 43.5 Å². The maximum absolute atomic E-state index is 14.2. The van der Waals surface area contributed by atoms with Crippen LogP contribution in [0.1, 0.15) is 113 Å². The summed E-state index contributed by atoms with van der Waals surface area (Å²) in [5, 5.41) is 46.2. The fourth-order valence-electron chi connectivity index (χ4n) is 9.38. The molecular weight excluding hydrogens is 838 g/mol. The van der Waals surface area contributed by atoms with Crippen molar-refractivity contribution >= 4 is 36.7 Å². The van der Waals surface area contributed by atoms with Crippen LogP contribution in [-0.4, -0.2) is 74.7 Å². The van der Waals surface area contributed by atoms with Gasteiger partial charge >= 0.3 is 0 Å². The molecule has 336 valence electrons. The largest absolute Gasteiger partial charge is 0.392 e. The van der Waals surface area contributed by atoms with Gasteiger partial charge in [0, 0.05) is 66.7 Å². The van der Waals surface area contributed by atoms with Crippen LogP contribution < -0.4 is 4.90 Å². The van der Waals surface area contributed by atoms with Crippen LogP contribution in [0.3, 0.4) is 0 Å². The van der Waals surface area contributed by atoms with E-state index in [1.165, 1.54) is 36.4 Å². The predicted molar refractivity (Wildman–Crippen MR) is 238 cm³/mol. The van der Waals surface area contributed by atoms with Gasteiger partial charge in [0.25, 0.3) is 11.4 Å². The van der Waals surface area contributed by atoms with E-state index >= 15 is 0 Å². The number of aliphatic hydroxyl groups excluding tert-OH is 2. The third kappa shape index (κ3) is 9.73. The van der Waals surface area contributed by atoms with E-state index in [-0.39, 0.29) is 38.2 Å². The van der Waals surface area contributed by atoms with Crippen molar-refractivity contribution in [1.82, 2.24) is 0 Å². The standard InChI is InChI=1S/C24H32N2O5S.C22H26FNO5S/c1-5-7-13-24(6-2)16-32(30,31)21-12-11-18(25(3)4)15-20(21)22(23(24)27)17-9-8-10-19(14-17)26(28)29;1-3-5-11-22(4-2)14-30(28,29)19-10-9-16(23)13-18(19)20(21(22)25)15-7-6-8-17(12-15)24(26)27/h8-12,14-15,22-23,27H,5-7,13,16H2,1-4H3;6-10,12-13,20-21,25H,3-5,11,14H2,1-2H3/t22-,23-,24-;20-,21-,22-/m11/s1. The number of nitrogens with zero attached hydrogens (tertiary/aromatic N) is 3. The van der Waals surface area contributed by atoms with Gasteiger partial charge in [0.15, 0.2) is 19.7 Å². The lowest BCUT2D eigenvalue weighted by atomic mass is 9.69. The lowest BCUT2D eigenvalue weighted by Gasteiger charge is -2.39. The highest BCUT2D eigenvalue weighted by molar-refractivity contribution is 7.91. The lowest BCUT2D eigenvalue weighted by molar-refractivity contribution is -0.385. The van der Waals surface area contributed by atoms with Gasteiger partial charge in [0.1, 0.15) is 5.82 Å². The minimum atomic E-state index is -3.81. The zero-order chi connectivity index (χ0) is 45.8. The average molecular weight is 896 g/mol. The van der Waals surface area contributed by atoms with Crippen molar-refractivity contribution in [3.8, 4) is 0 Å². The van der Waals surface area contributed by atoms with Crippen molar-refractivity contribution in [3.05, 3.63) is 133 Å². The summed E-state index contributed by atoms with van der Waals surface area (Å²) < 4.78 is 67.9. The van der Waals surface area contributed by atoms with E-state index in [1.807, 2.05) is 46.7 Å². The minimum Gasteiger partial charge on any atom is -0.392 e. The van der Waals surface area contributed by atoms with Crippen LogP contribution in [0.4, 0.5) is 21.5 Å². The van der Waals surface area contributed by atoms with E-state index in [1.54, 1.807) is 36.4 Å². The van der Waals surface area contributed by atoms with Crippen LogP contribution in [0.25, 0.3) is 0 Å². The lowest BCUT2D eigenvalue weighted by Crippen LogP contribution is -2.42. The van der Waals surface area contributed by atoms with Gasteiger partial charge in [-0.25, -0.2) is 21.2 Å². The molecule has 0 fully saturated rings. The number of unbranched alkanes of at least 4 members (excludes halogenated alkanes) is 2. The number of hydrogen-bond donors (Lipinski definition) is 2. The van der Waals surface area contributed by atoms with Crippen molar-refractivity contribution in [2.75, 3.05) is 30.5 Å². The second-order valence-corrected chi connectivity index (χ2v) is 20.9. The molecule has 2 aliphatic rings. The Balaban J connectivity index is 0.000000235. The molecule has 0 saturated heterocycles. The van der Waals surface area contributed by atoms with Crippen LogP contribution in [0, 0.1) is 36.9 Å². The Morgan fingerprint density at radius 3 is 1.47 bits per heavy atom. The molecule has 2 N–H and O–H groups in total. The number of rotatable bonds is 13. The van der Waals surface area contributed by atoms with Gasteiger partial charge in [0.05, 0.1) is 43.4 Å². The van der Waals surface area contributed by atoms with Crippen LogP contribution in [0.2, 0.25) is 0 Å². The summed E-state index contributed by atoms with van der Waals surface area (Å²) in [5.74, 6) is -2.60. The summed E-state index contributed by atoms with van der Waals surface area (Å²) in [6.45, 7) is 7.79. The molecule has 0 aliphatic carbocycles. The summed E-state index contributed by atoms with van der Waals surface area (Å²) in [7, 11) is -3.76. The predicted octanol–water partition coefficient (Wildman–Crippen LogP) is 9.13. The summed E-state index contributed by atoms with van der Waals surface area (Å²) in [4.78, 5) is 23.8. The second kappa shape index (κ2) is 19.3. The average Bonchev–Trinajstić information content (AvgIpc) is 3.36. The van der Waals surface area contributed by atoms with Gasteiger partial charge in [-0.3, -0.25) is 20.2 Å². The Bertz CT molecular complexity index is 2500. The first-order valence-corrected chi connectivity index (χ1v) is 24.4. The van der Waals surface area contributed by atoms with Crippen molar-refractivity contribution in [2.24, 2.45) is 10.8 Å². The third-order valence-corrected chi connectivity index (χ3v) is 17.0. The molecule has 4 aromatic carbocycles. The summed E-state index contributed by atoms with van der Waals surface area (Å²) >= 11 is 0. The van der Waals surface area contributed by atoms with Crippen LogP contribution >= 0.6 is 0 Å². The fraction of sp³-hybridized carbons (Fsp3) is 0.478. The number of fused-ring (bicyclic) bond motifs is 2. The van der Waals surface area contributed by atoms with Gasteiger partial charge in [-0.15, -0.1) is 0 Å². The third-order valence-electron chi connectivity index (χ3n) is 13.0. The maximum atomic E-state index is 14.2. The van der Waals surface area contributed by atoms with Crippen LogP contribution in [-0.2, 0) is 19.7 Å². The molecule has 0 saturated carbocycles. The molecule has 0 aromatic heterocycles. The zero-order valence-electron chi connectivity index (χ0n) is 36.2. The number of nitro benzene ring substituents is 2. The Hall–Kier alpha value is -4.77. The number of aliphatic hydroxyl groups is 2. The smallest absolute Gasteiger partial charge is 0.269 e. The second-order valence-electron chi connectivity index (χ2n) is 17.0. The maximum Gasteiger partial charge on any atom is 0.269 e. The molecule has 0 unspecified atom stereocenters. The highest BCUT2D eigenvalue weighted by atomic mass is 32.2. The van der Waals surface area contributed by atoms with Crippen molar-refractivity contribution in [1.29, 1.82) is 0 Å². The molecule has 16 heteroatoms. The minimum absolute atomic E-state index is 0.0220. The Kier molecular flexibility index (Phi) is 15.0. The molecule has 6 atom stereocenters. The quantitative estimate of drug-likeness (QED) is 0.0737. The summed E-state index contributed by atoms with van der Waals surface area (Å²) in [6.07, 6.45) is 3.05. The van der Waals surface area contributed by atoms with Crippen molar-refractivity contribution in [2.45, 2.75) is 113 Å². The van der Waals surface area contributed by atoms with Crippen LogP contribution in [0.15, 0.2) is 94.7 Å². The number of nitro groups is 2. The van der Waals surface area contributed by atoms with E-state index in [4.69, 9.17) is 0 Å². The first-order valence-electron chi connectivity index (χ1n) is 21.1. The topological polar surface area (TPSA) is 198 Å². The summed E-state index contributed by atoms with van der Waals surface area (Å²) in [5.41, 5.74) is 0.361.